The number of amides is 2. The van der Waals surface area contributed by atoms with E-state index in [2.05, 4.69) is 17.2 Å². The lowest BCUT2D eigenvalue weighted by Crippen LogP contribution is -2.33. The molecule has 0 rings (SSSR count). The van der Waals surface area contributed by atoms with Crippen molar-refractivity contribution < 1.29 is 14.3 Å². The Kier molecular flexibility index (Phi) is 8.28. The number of hydrogen-bond donors (Lipinski definition) is 2. The molecule has 0 fully saturated rings. The van der Waals surface area contributed by atoms with E-state index in [-0.39, 0.29) is 5.91 Å². The van der Waals surface area contributed by atoms with Gasteiger partial charge in [0.05, 0.1) is 5.75 Å². The third kappa shape index (κ3) is 11.3. The van der Waals surface area contributed by atoms with E-state index in [1.54, 1.807) is 6.08 Å². The monoisotopic (exact) mass is 274 g/mol. The number of carbonyl (C=O) groups excluding carboxylic acids is 2. The van der Waals surface area contributed by atoms with Gasteiger partial charge in [0.2, 0.25) is 5.91 Å². The van der Waals surface area contributed by atoms with Gasteiger partial charge in [-0.25, -0.2) is 4.79 Å². The van der Waals surface area contributed by atoms with Crippen LogP contribution in [-0.2, 0) is 9.53 Å². The number of alkyl carbamates (subject to hydrolysis) is 1. The van der Waals surface area contributed by atoms with Crippen LogP contribution in [0.1, 0.15) is 20.8 Å². The average Bonchev–Trinajstić information content (AvgIpc) is 2.23. The summed E-state index contributed by atoms with van der Waals surface area (Å²) in [6.45, 7) is 9.90. The SMILES string of the molecule is C=CCNC(=O)CSCCNC(=O)OC(C)(C)C. The molecule has 5 nitrogen and oxygen atoms in total. The molecule has 0 aliphatic heterocycles. The Morgan fingerprint density at radius 3 is 2.56 bits per heavy atom. The van der Waals surface area contributed by atoms with Crippen LogP contribution in [0.15, 0.2) is 12.7 Å². The third-order valence-corrected chi connectivity index (χ3v) is 2.55. The topological polar surface area (TPSA) is 67.4 Å². The second kappa shape index (κ2) is 8.85. The van der Waals surface area contributed by atoms with E-state index in [4.69, 9.17) is 4.74 Å². The van der Waals surface area contributed by atoms with Crippen LogP contribution in [0.5, 0.6) is 0 Å². The second-order valence-corrected chi connectivity index (χ2v) is 5.68. The molecule has 0 saturated heterocycles. The predicted octanol–water partition coefficient (Wildman–Crippen LogP) is 1.55. The van der Waals surface area contributed by atoms with E-state index in [0.29, 0.717) is 24.6 Å². The van der Waals surface area contributed by atoms with Crippen molar-refractivity contribution in [3.63, 3.8) is 0 Å². The average molecular weight is 274 g/mol. The molecule has 0 radical (unpaired) electrons. The molecule has 6 heteroatoms. The molecule has 0 unspecified atom stereocenters. The molecule has 0 heterocycles. The Balaban J connectivity index is 3.48. The van der Waals surface area contributed by atoms with Crippen LogP contribution < -0.4 is 10.6 Å². The van der Waals surface area contributed by atoms with E-state index in [9.17, 15) is 9.59 Å². The van der Waals surface area contributed by atoms with Crippen LogP contribution >= 0.6 is 11.8 Å². The molecule has 0 aromatic carbocycles. The number of carbonyl (C=O) groups is 2. The van der Waals surface area contributed by atoms with Crippen molar-refractivity contribution in [1.29, 1.82) is 0 Å². The van der Waals surface area contributed by atoms with Crippen LogP contribution in [0.4, 0.5) is 4.79 Å². The van der Waals surface area contributed by atoms with Crippen molar-refractivity contribution in [2.75, 3.05) is 24.6 Å². The van der Waals surface area contributed by atoms with Crippen LogP contribution in [0.3, 0.4) is 0 Å². The first-order valence-corrected chi connectivity index (χ1v) is 6.93. The molecule has 0 aromatic rings. The summed E-state index contributed by atoms with van der Waals surface area (Å²) in [7, 11) is 0. The highest BCUT2D eigenvalue weighted by atomic mass is 32.2. The standard InChI is InChI=1S/C12H22N2O3S/c1-5-6-13-10(15)9-18-8-7-14-11(16)17-12(2,3)4/h5H,1,6-9H2,2-4H3,(H,13,15)(H,14,16). The van der Waals surface area contributed by atoms with Crippen molar-refractivity contribution in [2.45, 2.75) is 26.4 Å². The van der Waals surface area contributed by atoms with Crippen LogP contribution in [0, 0.1) is 0 Å². The number of ether oxygens (including phenoxy) is 1. The fourth-order valence-electron chi connectivity index (χ4n) is 0.941. The molecule has 104 valence electrons. The van der Waals surface area contributed by atoms with Gasteiger partial charge in [0, 0.05) is 18.8 Å². The van der Waals surface area contributed by atoms with Gasteiger partial charge >= 0.3 is 6.09 Å². The summed E-state index contributed by atoms with van der Waals surface area (Å²) in [4.78, 5) is 22.5. The maximum atomic E-state index is 11.3. The van der Waals surface area contributed by atoms with Crippen LogP contribution in [-0.4, -0.2) is 42.2 Å². The van der Waals surface area contributed by atoms with E-state index in [1.807, 2.05) is 20.8 Å². The van der Waals surface area contributed by atoms with Crippen molar-refractivity contribution >= 4 is 23.8 Å². The summed E-state index contributed by atoms with van der Waals surface area (Å²) >= 11 is 1.46. The first kappa shape index (κ1) is 16.8. The number of rotatable bonds is 7. The zero-order chi connectivity index (χ0) is 14.0. The maximum Gasteiger partial charge on any atom is 0.407 e. The molecule has 0 aliphatic carbocycles. The highest BCUT2D eigenvalue weighted by Gasteiger charge is 2.15. The minimum atomic E-state index is -0.484. The first-order valence-electron chi connectivity index (χ1n) is 5.77. The molecular weight excluding hydrogens is 252 g/mol. The Bertz CT molecular complexity index is 288. The summed E-state index contributed by atoms with van der Waals surface area (Å²) in [6, 6.07) is 0. The third-order valence-electron chi connectivity index (χ3n) is 1.59. The van der Waals surface area contributed by atoms with Crippen molar-refractivity contribution in [3.05, 3.63) is 12.7 Å². The number of nitrogens with one attached hydrogen (secondary N) is 2. The number of thioether (sulfide) groups is 1. The van der Waals surface area contributed by atoms with Gasteiger partial charge in [-0.15, -0.1) is 6.58 Å². The fourth-order valence-corrected chi connectivity index (χ4v) is 1.62. The Hall–Kier alpha value is -1.17. The largest absolute Gasteiger partial charge is 0.444 e. The fraction of sp³-hybridized carbons (Fsp3) is 0.667. The molecule has 2 amide bonds. The van der Waals surface area contributed by atoms with Crippen molar-refractivity contribution in [2.24, 2.45) is 0 Å². The van der Waals surface area contributed by atoms with E-state index in [0.717, 1.165) is 0 Å². The summed E-state index contributed by atoms with van der Waals surface area (Å²) in [6.07, 6.45) is 1.20. The molecule has 0 bridgehead atoms. The summed E-state index contributed by atoms with van der Waals surface area (Å²) in [5, 5.41) is 5.30. The Morgan fingerprint density at radius 1 is 1.33 bits per heavy atom. The lowest BCUT2D eigenvalue weighted by molar-refractivity contribution is -0.118. The lowest BCUT2D eigenvalue weighted by atomic mass is 10.2. The van der Waals surface area contributed by atoms with Crippen molar-refractivity contribution in [1.82, 2.24) is 10.6 Å². The number of hydrogen-bond acceptors (Lipinski definition) is 4. The van der Waals surface area contributed by atoms with Gasteiger partial charge < -0.3 is 15.4 Å². The molecule has 0 atom stereocenters. The molecule has 0 spiro atoms. The highest BCUT2D eigenvalue weighted by Crippen LogP contribution is 2.06. The van der Waals surface area contributed by atoms with E-state index >= 15 is 0 Å². The van der Waals surface area contributed by atoms with E-state index < -0.39 is 11.7 Å². The minimum absolute atomic E-state index is 0.0304. The maximum absolute atomic E-state index is 11.3. The predicted molar refractivity (Wildman–Crippen MR) is 74.8 cm³/mol. The van der Waals surface area contributed by atoms with Gasteiger partial charge in [0.25, 0.3) is 0 Å². The molecule has 0 saturated carbocycles. The van der Waals surface area contributed by atoms with Gasteiger partial charge in [-0.2, -0.15) is 11.8 Å². The molecule has 2 N–H and O–H groups in total. The molecule has 0 aromatic heterocycles. The van der Waals surface area contributed by atoms with E-state index in [1.165, 1.54) is 11.8 Å². The second-order valence-electron chi connectivity index (χ2n) is 4.57. The zero-order valence-corrected chi connectivity index (χ0v) is 12.1. The van der Waals surface area contributed by atoms with Gasteiger partial charge in [-0.1, -0.05) is 6.08 Å². The quantitative estimate of drug-likeness (QED) is 0.546. The molecule has 18 heavy (non-hydrogen) atoms. The molecular formula is C12H22N2O3S. The molecule has 0 aliphatic rings. The summed E-state index contributed by atoms with van der Waals surface area (Å²) < 4.78 is 5.07. The summed E-state index contributed by atoms with van der Waals surface area (Å²) in [5.74, 6) is 1.02. The minimum Gasteiger partial charge on any atom is -0.444 e. The van der Waals surface area contributed by atoms with Crippen LogP contribution in [0.2, 0.25) is 0 Å². The van der Waals surface area contributed by atoms with Crippen LogP contribution in [0.25, 0.3) is 0 Å². The highest BCUT2D eigenvalue weighted by molar-refractivity contribution is 7.99. The lowest BCUT2D eigenvalue weighted by Gasteiger charge is -2.19. The normalized spacial score (nSPS) is 10.6. The zero-order valence-electron chi connectivity index (χ0n) is 11.2. The first-order chi connectivity index (χ1) is 8.35. The van der Waals surface area contributed by atoms with Gasteiger partial charge in [-0.05, 0) is 20.8 Å². The van der Waals surface area contributed by atoms with Crippen molar-refractivity contribution in [3.8, 4) is 0 Å². The van der Waals surface area contributed by atoms with Gasteiger partial charge in [-0.3, -0.25) is 4.79 Å². The van der Waals surface area contributed by atoms with Gasteiger partial charge in [0.1, 0.15) is 5.60 Å². The smallest absolute Gasteiger partial charge is 0.407 e. The van der Waals surface area contributed by atoms with Gasteiger partial charge in [0.15, 0.2) is 0 Å². The Labute approximate surface area is 113 Å². The summed E-state index contributed by atoms with van der Waals surface area (Å²) in [5.41, 5.74) is -0.484. The Morgan fingerprint density at radius 2 is 2.00 bits per heavy atom.